The second kappa shape index (κ2) is 12.2. The molecular formula is C39H43F2NO6S. The number of Topliss-reactive ketones (excluding diaryl/α,β-unsaturated/α-hetero) is 1. The molecule has 10 heteroatoms. The van der Waals surface area contributed by atoms with Crippen LogP contribution in [0.2, 0.25) is 0 Å². The van der Waals surface area contributed by atoms with Gasteiger partial charge in [0.15, 0.2) is 23.8 Å². The predicted octanol–water partition coefficient (Wildman–Crippen LogP) is 6.16. The van der Waals surface area contributed by atoms with Crippen molar-refractivity contribution in [3.63, 3.8) is 0 Å². The molecule has 49 heavy (non-hydrogen) atoms. The molecule has 2 N–H and O–H groups in total. The van der Waals surface area contributed by atoms with E-state index < -0.39 is 58.6 Å². The Balaban J connectivity index is 1.15. The highest BCUT2D eigenvalue weighted by Gasteiger charge is 2.78. The number of phenolic OH excluding ortho intramolecular Hbond substituents is 1. The zero-order chi connectivity index (χ0) is 34.9. The number of fused-ring (bicyclic) bond motifs is 7. The van der Waals surface area contributed by atoms with Gasteiger partial charge in [-0.3, -0.25) is 19.3 Å². The highest BCUT2D eigenvalue weighted by atomic mass is 32.2. The number of allylic oxidation sites excluding steroid dienone is 4. The Morgan fingerprint density at radius 3 is 2.43 bits per heavy atom. The van der Waals surface area contributed by atoms with E-state index in [2.05, 4.69) is 29.2 Å². The van der Waals surface area contributed by atoms with E-state index in [0.29, 0.717) is 26.1 Å². The summed E-state index contributed by atoms with van der Waals surface area (Å²) in [5.41, 5.74) is -3.32. The molecule has 5 aliphatic rings. The highest BCUT2D eigenvalue weighted by Crippen LogP contribution is 2.74. The van der Waals surface area contributed by atoms with Crippen LogP contribution in [0.5, 0.6) is 5.75 Å². The van der Waals surface area contributed by atoms with Crippen molar-refractivity contribution in [1.29, 1.82) is 0 Å². The highest BCUT2D eigenvalue weighted by molar-refractivity contribution is 7.98. The normalized spacial score (nSPS) is 37.9. The monoisotopic (exact) mass is 691 g/mol. The molecule has 260 valence electrons. The average molecular weight is 692 g/mol. The van der Waals surface area contributed by atoms with E-state index in [1.54, 1.807) is 30.8 Å². The third kappa shape index (κ3) is 5.23. The summed E-state index contributed by atoms with van der Waals surface area (Å²) < 4.78 is 39.0. The van der Waals surface area contributed by atoms with E-state index in [1.165, 1.54) is 25.2 Å². The van der Waals surface area contributed by atoms with E-state index in [-0.39, 0.29) is 41.6 Å². The van der Waals surface area contributed by atoms with Gasteiger partial charge in [-0.05, 0) is 96.6 Å². The molecule has 0 radical (unpaired) electrons. The number of likely N-dealkylation sites (tertiary alicyclic amines) is 1. The molecule has 2 aromatic carbocycles. The summed E-state index contributed by atoms with van der Waals surface area (Å²) in [6.07, 6.45) is 1.16. The summed E-state index contributed by atoms with van der Waals surface area (Å²) in [4.78, 5) is 41.7. The molecule has 2 aromatic rings. The zero-order valence-electron chi connectivity index (χ0n) is 28.0. The average Bonchev–Trinajstić information content (AvgIpc) is 3.54. The Kier molecular flexibility index (Phi) is 8.47. The van der Waals surface area contributed by atoms with Gasteiger partial charge >= 0.3 is 5.97 Å². The smallest absolute Gasteiger partial charge is 0.303 e. The number of hydrogen-bond acceptors (Lipinski definition) is 8. The van der Waals surface area contributed by atoms with Gasteiger partial charge in [0.2, 0.25) is 0 Å². The number of aliphatic hydroxyl groups is 1. The first kappa shape index (κ1) is 34.1. The molecule has 0 aromatic heterocycles. The van der Waals surface area contributed by atoms with Crippen LogP contribution in [-0.4, -0.2) is 70.3 Å². The number of alkyl halides is 2. The summed E-state index contributed by atoms with van der Waals surface area (Å²) in [6.45, 7) is 5.90. The quantitative estimate of drug-likeness (QED) is 0.251. The molecule has 1 saturated heterocycles. The van der Waals surface area contributed by atoms with Crippen LogP contribution < -0.4 is 0 Å². The first-order chi connectivity index (χ1) is 23.2. The number of ether oxygens (including phenoxy) is 1. The van der Waals surface area contributed by atoms with E-state index in [1.807, 2.05) is 19.1 Å². The lowest BCUT2D eigenvalue weighted by Gasteiger charge is -2.63. The van der Waals surface area contributed by atoms with Crippen LogP contribution in [0.4, 0.5) is 8.78 Å². The van der Waals surface area contributed by atoms with E-state index in [0.717, 1.165) is 21.8 Å². The van der Waals surface area contributed by atoms with Gasteiger partial charge in [-0.15, -0.1) is 11.8 Å². The second-order valence-electron chi connectivity index (χ2n) is 15.2. The third-order valence-electron chi connectivity index (χ3n) is 12.8. The number of aromatic hydroxyl groups is 1. The molecular weight excluding hydrogens is 648 g/mol. The minimum atomic E-state index is -2.22. The summed E-state index contributed by atoms with van der Waals surface area (Å²) in [5, 5.41) is 21.4. The number of halogens is 2. The molecule has 0 unspecified atom stereocenters. The fourth-order valence-corrected chi connectivity index (χ4v) is 11.4. The van der Waals surface area contributed by atoms with Crippen LogP contribution in [0.15, 0.2) is 77.2 Å². The van der Waals surface area contributed by atoms with Gasteiger partial charge in [-0.25, -0.2) is 8.78 Å². The van der Waals surface area contributed by atoms with E-state index >= 15 is 8.78 Å². The summed E-state index contributed by atoms with van der Waals surface area (Å²) in [6, 6.07) is 15.4. The number of phenols is 1. The van der Waals surface area contributed by atoms with Crippen LogP contribution in [0.1, 0.15) is 51.2 Å². The van der Waals surface area contributed by atoms with E-state index in [4.69, 9.17) is 4.74 Å². The minimum Gasteiger partial charge on any atom is -0.508 e. The van der Waals surface area contributed by atoms with Gasteiger partial charge in [-0.2, -0.15) is 0 Å². The number of ketones is 2. The largest absolute Gasteiger partial charge is 0.508 e. The number of carbonyl (C=O) groups excluding carboxylic acids is 3. The van der Waals surface area contributed by atoms with Crippen molar-refractivity contribution < 1.29 is 38.1 Å². The van der Waals surface area contributed by atoms with Crippen LogP contribution in [0.3, 0.4) is 0 Å². The van der Waals surface area contributed by atoms with Crippen molar-refractivity contribution in [2.75, 3.05) is 19.7 Å². The van der Waals surface area contributed by atoms with Crippen LogP contribution >= 0.6 is 11.8 Å². The van der Waals surface area contributed by atoms with Gasteiger partial charge in [0, 0.05) is 48.5 Å². The van der Waals surface area contributed by atoms with Gasteiger partial charge < -0.3 is 14.9 Å². The summed E-state index contributed by atoms with van der Waals surface area (Å²) in [5.74, 6) is -1.66. The fourth-order valence-electron chi connectivity index (χ4n) is 10.5. The fraction of sp³-hybridized carbons (Fsp3) is 0.513. The molecule has 0 bridgehead atoms. The van der Waals surface area contributed by atoms with Gasteiger partial charge in [0.1, 0.15) is 11.9 Å². The first-order valence-corrected chi connectivity index (χ1v) is 18.0. The number of rotatable bonds is 8. The number of hydrogen-bond donors (Lipinski definition) is 2. The lowest BCUT2D eigenvalue weighted by Crippen LogP contribution is -2.69. The maximum atomic E-state index is 17.8. The molecule has 3 saturated carbocycles. The Bertz CT molecular complexity index is 1730. The number of benzene rings is 2. The molecule has 1 aliphatic heterocycles. The Labute approximate surface area is 289 Å². The number of nitrogens with zero attached hydrogens (tertiary/aromatic N) is 1. The number of aliphatic hydroxyl groups excluding tert-OH is 1. The second-order valence-corrected chi connectivity index (χ2v) is 16.3. The molecule has 4 aliphatic carbocycles. The molecule has 7 rings (SSSR count). The lowest BCUT2D eigenvalue weighted by molar-refractivity contribution is -0.212. The van der Waals surface area contributed by atoms with Crippen LogP contribution in [0, 0.1) is 34.0 Å². The Morgan fingerprint density at radius 2 is 1.73 bits per heavy atom. The maximum Gasteiger partial charge on any atom is 0.303 e. The molecule has 0 amide bonds. The first-order valence-electron chi connectivity index (χ1n) is 17.1. The maximum absolute atomic E-state index is 17.8. The van der Waals surface area contributed by atoms with Crippen molar-refractivity contribution >= 4 is 29.3 Å². The molecule has 7 nitrogen and oxygen atoms in total. The molecule has 1 heterocycles. The van der Waals surface area contributed by atoms with Crippen molar-refractivity contribution in [3.8, 4) is 5.75 Å². The van der Waals surface area contributed by atoms with Gasteiger partial charge in [0.05, 0.1) is 11.5 Å². The Morgan fingerprint density at radius 1 is 1.04 bits per heavy atom. The lowest BCUT2D eigenvalue weighted by atomic mass is 9.43. The molecule has 4 fully saturated rings. The predicted molar refractivity (Wildman–Crippen MR) is 181 cm³/mol. The standard InChI is InChI=1S/C39H43F2NO6S/c1-23(43)48-20-35(47)38-22-42(18-24-4-6-25(7-5-24)21-49-29-10-8-27(44)9-11-29)19-26(38)14-30-31-16-33(40)32-15-28(45)12-13-36(32,2)39(31,41)34(46)17-37(30,38)3/h4-13,15,26,30-31,33-34,44,46H,14,16-22H2,1-3H3/t26-,30-,31-,33-,34-,36-,37-,38+,39-/m0/s1. The van der Waals surface area contributed by atoms with Crippen LogP contribution in [-0.2, 0) is 31.4 Å². The van der Waals surface area contributed by atoms with Crippen molar-refractivity contribution in [2.24, 2.45) is 34.0 Å². The number of carbonyl (C=O) groups is 3. The van der Waals surface area contributed by atoms with Crippen molar-refractivity contribution in [3.05, 3.63) is 83.5 Å². The number of thioether (sulfide) groups is 1. The SMILES string of the molecule is CC(=O)OCC(=O)[C@@]12CN(Cc3ccc(CSc4ccc(O)cc4)cc3)C[C@@H]1C[C@H]1[C@@H]3C[C@H](F)C4=CC(=O)C=C[C@]4(C)[C@@]3(F)[C@@H](O)C[C@@]12C. The van der Waals surface area contributed by atoms with Crippen molar-refractivity contribution in [2.45, 2.75) is 75.2 Å². The van der Waals surface area contributed by atoms with Crippen LogP contribution in [0.25, 0.3) is 0 Å². The van der Waals surface area contributed by atoms with E-state index in [9.17, 15) is 24.6 Å². The molecule has 0 spiro atoms. The topological polar surface area (TPSA) is 104 Å². The molecule has 9 atom stereocenters. The summed E-state index contributed by atoms with van der Waals surface area (Å²) in [7, 11) is 0. The zero-order valence-corrected chi connectivity index (χ0v) is 28.8. The minimum absolute atomic E-state index is 0.00414. The number of esters is 1. The summed E-state index contributed by atoms with van der Waals surface area (Å²) >= 11 is 1.68. The van der Waals surface area contributed by atoms with Crippen molar-refractivity contribution in [1.82, 2.24) is 4.90 Å². The Hall–Kier alpha value is -3.34. The third-order valence-corrected chi connectivity index (χ3v) is 13.9. The van der Waals surface area contributed by atoms with Gasteiger partial charge in [0.25, 0.3) is 0 Å². The van der Waals surface area contributed by atoms with Gasteiger partial charge in [-0.1, -0.05) is 37.3 Å².